The number of aryl methyl sites for hydroxylation is 1. The predicted octanol–water partition coefficient (Wildman–Crippen LogP) is 2.08. The summed E-state index contributed by atoms with van der Waals surface area (Å²) in [5.74, 6) is 0.148. The van der Waals surface area contributed by atoms with Crippen molar-refractivity contribution in [2.75, 3.05) is 26.0 Å². The Kier molecular flexibility index (Phi) is 6.36. The normalized spacial score (nSPS) is 10.7. The molecule has 2 N–H and O–H groups in total. The molecule has 1 rings (SSSR count). The number of nitrogen functional groups attached to an aromatic ring is 1. The number of carbonyl (C=O) groups is 1. The standard InChI is InChI=1S/C15H24N2O2/c1-12(2)17(10-11-19-3)15(18)9-8-13-6-4-5-7-14(13)16/h4-7,12H,8-11,16H2,1-3H3. The molecule has 0 saturated carbocycles. The fourth-order valence-electron chi connectivity index (χ4n) is 2.01. The van der Waals surface area contributed by atoms with Crippen LogP contribution >= 0.6 is 0 Å². The molecule has 0 aliphatic rings. The van der Waals surface area contributed by atoms with E-state index in [1.54, 1.807) is 7.11 Å². The Labute approximate surface area is 115 Å². The molecule has 1 aromatic rings. The lowest BCUT2D eigenvalue weighted by Crippen LogP contribution is -2.39. The predicted molar refractivity (Wildman–Crippen MR) is 77.9 cm³/mol. The van der Waals surface area contributed by atoms with Crippen molar-refractivity contribution < 1.29 is 9.53 Å². The van der Waals surface area contributed by atoms with Crippen LogP contribution in [0.1, 0.15) is 25.8 Å². The molecule has 106 valence electrons. The fraction of sp³-hybridized carbons (Fsp3) is 0.533. The molecule has 0 heterocycles. The number of anilines is 1. The summed E-state index contributed by atoms with van der Waals surface area (Å²) in [4.78, 5) is 14.1. The van der Waals surface area contributed by atoms with Crippen molar-refractivity contribution in [2.45, 2.75) is 32.7 Å². The first kappa shape index (κ1) is 15.5. The second-order valence-electron chi connectivity index (χ2n) is 4.87. The third kappa shape index (κ3) is 4.91. The van der Waals surface area contributed by atoms with Crippen molar-refractivity contribution in [3.63, 3.8) is 0 Å². The molecule has 0 atom stereocenters. The van der Waals surface area contributed by atoms with Crippen LogP contribution in [0, 0.1) is 0 Å². The molecule has 1 amide bonds. The van der Waals surface area contributed by atoms with E-state index in [9.17, 15) is 4.79 Å². The van der Waals surface area contributed by atoms with Gasteiger partial charge in [0.05, 0.1) is 6.61 Å². The van der Waals surface area contributed by atoms with Crippen LogP contribution in [0.5, 0.6) is 0 Å². The molecule has 0 fully saturated rings. The Hall–Kier alpha value is -1.55. The summed E-state index contributed by atoms with van der Waals surface area (Å²) in [5, 5.41) is 0. The molecule has 0 unspecified atom stereocenters. The van der Waals surface area contributed by atoms with E-state index in [1.165, 1.54) is 0 Å². The largest absolute Gasteiger partial charge is 0.399 e. The van der Waals surface area contributed by atoms with E-state index in [0.717, 1.165) is 11.3 Å². The first-order chi connectivity index (χ1) is 9.06. The van der Waals surface area contributed by atoms with Gasteiger partial charge in [0.1, 0.15) is 0 Å². The summed E-state index contributed by atoms with van der Waals surface area (Å²) < 4.78 is 5.04. The number of nitrogens with two attached hydrogens (primary N) is 1. The lowest BCUT2D eigenvalue weighted by Gasteiger charge is -2.26. The third-order valence-electron chi connectivity index (χ3n) is 3.14. The van der Waals surface area contributed by atoms with Crippen LogP contribution in [0.25, 0.3) is 0 Å². The molecule has 4 nitrogen and oxygen atoms in total. The number of hydrogen-bond donors (Lipinski definition) is 1. The maximum Gasteiger partial charge on any atom is 0.223 e. The summed E-state index contributed by atoms with van der Waals surface area (Å²) in [6, 6.07) is 7.87. The van der Waals surface area contributed by atoms with Crippen LogP contribution in [0.4, 0.5) is 5.69 Å². The highest BCUT2D eigenvalue weighted by Crippen LogP contribution is 2.14. The second kappa shape index (κ2) is 7.79. The van der Waals surface area contributed by atoms with E-state index < -0.39 is 0 Å². The maximum atomic E-state index is 12.2. The quantitative estimate of drug-likeness (QED) is 0.767. The third-order valence-corrected chi connectivity index (χ3v) is 3.14. The average Bonchev–Trinajstić information content (AvgIpc) is 2.38. The Morgan fingerprint density at radius 3 is 2.63 bits per heavy atom. The van der Waals surface area contributed by atoms with E-state index in [0.29, 0.717) is 26.0 Å². The smallest absolute Gasteiger partial charge is 0.223 e. The van der Waals surface area contributed by atoms with Crippen molar-refractivity contribution in [3.8, 4) is 0 Å². The Morgan fingerprint density at radius 2 is 2.05 bits per heavy atom. The van der Waals surface area contributed by atoms with Crippen LogP contribution in [0.15, 0.2) is 24.3 Å². The first-order valence-corrected chi connectivity index (χ1v) is 6.68. The molecule has 4 heteroatoms. The lowest BCUT2D eigenvalue weighted by atomic mass is 10.1. The van der Waals surface area contributed by atoms with E-state index in [-0.39, 0.29) is 11.9 Å². The number of benzene rings is 1. The first-order valence-electron chi connectivity index (χ1n) is 6.68. The van der Waals surface area contributed by atoms with Crippen LogP contribution in [-0.4, -0.2) is 37.1 Å². The number of para-hydroxylation sites is 1. The van der Waals surface area contributed by atoms with Crippen LogP contribution in [-0.2, 0) is 16.0 Å². The van der Waals surface area contributed by atoms with Crippen LogP contribution in [0.2, 0.25) is 0 Å². The minimum atomic E-state index is 0.148. The zero-order valence-electron chi connectivity index (χ0n) is 12.1. The zero-order chi connectivity index (χ0) is 14.3. The number of ether oxygens (including phenoxy) is 1. The number of rotatable bonds is 7. The molecular weight excluding hydrogens is 240 g/mol. The highest BCUT2D eigenvalue weighted by atomic mass is 16.5. The van der Waals surface area contributed by atoms with Crippen LogP contribution < -0.4 is 5.73 Å². The molecular formula is C15H24N2O2. The Bertz CT molecular complexity index is 405. The molecule has 1 aromatic carbocycles. The number of amides is 1. The fourth-order valence-corrected chi connectivity index (χ4v) is 2.01. The molecule has 0 spiro atoms. The van der Waals surface area contributed by atoms with Crippen molar-refractivity contribution in [1.82, 2.24) is 4.90 Å². The molecule has 0 saturated heterocycles. The zero-order valence-corrected chi connectivity index (χ0v) is 12.1. The molecule has 0 aliphatic carbocycles. The number of methoxy groups -OCH3 is 1. The van der Waals surface area contributed by atoms with Gasteiger partial charge in [-0.05, 0) is 31.9 Å². The topological polar surface area (TPSA) is 55.6 Å². The monoisotopic (exact) mass is 264 g/mol. The second-order valence-corrected chi connectivity index (χ2v) is 4.87. The van der Waals surface area contributed by atoms with Gasteiger partial charge in [0.2, 0.25) is 5.91 Å². The van der Waals surface area contributed by atoms with Crippen molar-refractivity contribution in [3.05, 3.63) is 29.8 Å². The van der Waals surface area contributed by atoms with E-state index in [1.807, 2.05) is 43.0 Å². The molecule has 0 aliphatic heterocycles. The highest BCUT2D eigenvalue weighted by Gasteiger charge is 2.16. The van der Waals surface area contributed by atoms with Gasteiger partial charge in [0.15, 0.2) is 0 Å². The van der Waals surface area contributed by atoms with Crippen molar-refractivity contribution >= 4 is 11.6 Å². The van der Waals surface area contributed by atoms with E-state index in [4.69, 9.17) is 10.5 Å². The number of carbonyl (C=O) groups excluding carboxylic acids is 1. The average molecular weight is 264 g/mol. The van der Waals surface area contributed by atoms with Gasteiger partial charge in [-0.25, -0.2) is 0 Å². The van der Waals surface area contributed by atoms with Gasteiger partial charge in [-0.2, -0.15) is 0 Å². The molecule has 0 radical (unpaired) electrons. The SMILES string of the molecule is COCCN(C(=O)CCc1ccccc1N)C(C)C. The Morgan fingerprint density at radius 1 is 1.37 bits per heavy atom. The Balaban J connectivity index is 2.55. The summed E-state index contributed by atoms with van der Waals surface area (Å²) in [5.41, 5.74) is 7.66. The van der Waals surface area contributed by atoms with Crippen LogP contribution in [0.3, 0.4) is 0 Å². The number of hydrogen-bond acceptors (Lipinski definition) is 3. The maximum absolute atomic E-state index is 12.2. The van der Waals surface area contributed by atoms with E-state index >= 15 is 0 Å². The number of nitrogens with zero attached hydrogens (tertiary/aromatic N) is 1. The molecule has 0 aromatic heterocycles. The van der Waals surface area contributed by atoms with Gasteiger partial charge in [0, 0.05) is 31.8 Å². The van der Waals surface area contributed by atoms with Gasteiger partial charge in [-0.3, -0.25) is 4.79 Å². The van der Waals surface area contributed by atoms with Gasteiger partial charge < -0.3 is 15.4 Å². The van der Waals surface area contributed by atoms with Crippen molar-refractivity contribution in [1.29, 1.82) is 0 Å². The minimum absolute atomic E-state index is 0.148. The van der Waals surface area contributed by atoms with Crippen molar-refractivity contribution in [2.24, 2.45) is 0 Å². The summed E-state index contributed by atoms with van der Waals surface area (Å²) in [6.07, 6.45) is 1.16. The lowest BCUT2D eigenvalue weighted by molar-refractivity contribution is -0.133. The minimum Gasteiger partial charge on any atom is -0.399 e. The van der Waals surface area contributed by atoms with E-state index in [2.05, 4.69) is 0 Å². The summed E-state index contributed by atoms with van der Waals surface area (Å²) in [7, 11) is 1.65. The van der Waals surface area contributed by atoms with Gasteiger partial charge in [-0.1, -0.05) is 18.2 Å². The molecule has 0 bridgehead atoms. The molecule has 19 heavy (non-hydrogen) atoms. The van der Waals surface area contributed by atoms with Gasteiger partial charge in [-0.15, -0.1) is 0 Å². The summed E-state index contributed by atoms with van der Waals surface area (Å²) >= 11 is 0. The highest BCUT2D eigenvalue weighted by molar-refractivity contribution is 5.77. The van der Waals surface area contributed by atoms with Gasteiger partial charge in [0.25, 0.3) is 0 Å². The van der Waals surface area contributed by atoms with Gasteiger partial charge >= 0.3 is 0 Å². The summed E-state index contributed by atoms with van der Waals surface area (Å²) in [6.45, 7) is 5.24.